The molecule has 2 aromatic rings. The first-order valence-corrected chi connectivity index (χ1v) is 11.0. The lowest BCUT2D eigenvalue weighted by molar-refractivity contribution is -0.133. The van der Waals surface area contributed by atoms with Crippen molar-refractivity contribution in [1.29, 1.82) is 0 Å². The number of primary sulfonamides is 1. The van der Waals surface area contributed by atoms with E-state index in [1.54, 1.807) is 30.9 Å². The van der Waals surface area contributed by atoms with E-state index in [0.717, 1.165) is 25.7 Å². The largest absolute Gasteiger partial charge is 0.472 e. The molecule has 1 aromatic heterocycles. The van der Waals surface area contributed by atoms with Crippen molar-refractivity contribution in [3.05, 3.63) is 30.5 Å². The summed E-state index contributed by atoms with van der Waals surface area (Å²) in [4.78, 5) is 23.6. The van der Waals surface area contributed by atoms with Gasteiger partial charge in [-0.25, -0.2) is 18.5 Å². The van der Waals surface area contributed by atoms with E-state index in [1.807, 2.05) is 0 Å². The Hall–Kier alpha value is -2.72. The number of ether oxygens (including phenoxy) is 1. The van der Waals surface area contributed by atoms with Crippen LogP contribution in [0.2, 0.25) is 0 Å². The van der Waals surface area contributed by atoms with Crippen LogP contribution in [0.1, 0.15) is 39.5 Å². The Balaban J connectivity index is 1.70. The topological polar surface area (TPSA) is 128 Å². The molecule has 1 saturated carbocycles. The highest BCUT2D eigenvalue weighted by atomic mass is 32.2. The third kappa shape index (κ3) is 3.77. The quantitative estimate of drug-likeness (QED) is 0.781. The van der Waals surface area contributed by atoms with Crippen LogP contribution in [0.4, 0.5) is 17.5 Å². The summed E-state index contributed by atoms with van der Waals surface area (Å²) in [6, 6.07) is 6.14. The van der Waals surface area contributed by atoms with Crippen LogP contribution >= 0.6 is 0 Å². The van der Waals surface area contributed by atoms with Crippen molar-refractivity contribution in [3.63, 3.8) is 0 Å². The zero-order valence-electron chi connectivity index (χ0n) is 16.3. The summed E-state index contributed by atoms with van der Waals surface area (Å²) >= 11 is 0. The maximum absolute atomic E-state index is 13.1. The van der Waals surface area contributed by atoms with Crippen LogP contribution in [0.25, 0.3) is 0 Å². The number of nitrogens with one attached hydrogen (secondary N) is 1. The molecule has 10 heteroatoms. The van der Waals surface area contributed by atoms with E-state index >= 15 is 0 Å². The van der Waals surface area contributed by atoms with Crippen molar-refractivity contribution in [2.75, 3.05) is 10.2 Å². The van der Waals surface area contributed by atoms with Gasteiger partial charge in [-0.3, -0.25) is 9.69 Å². The number of nitrogens with two attached hydrogens (primary N) is 1. The zero-order valence-corrected chi connectivity index (χ0v) is 17.1. The minimum atomic E-state index is -3.83. The lowest BCUT2D eigenvalue weighted by Crippen LogP contribution is -2.55. The molecule has 154 valence electrons. The number of sulfonamides is 1. The molecule has 1 aliphatic heterocycles. The Morgan fingerprint density at radius 2 is 2.00 bits per heavy atom. The van der Waals surface area contributed by atoms with Crippen LogP contribution in [0.15, 0.2) is 35.4 Å². The molecule has 0 atom stereocenters. The van der Waals surface area contributed by atoms with Crippen molar-refractivity contribution in [3.8, 4) is 5.75 Å². The van der Waals surface area contributed by atoms with E-state index in [1.165, 1.54) is 18.3 Å². The fraction of sp³-hybridized carbons (Fsp3) is 0.421. The third-order valence-corrected chi connectivity index (χ3v) is 6.08. The molecule has 1 aromatic carbocycles. The highest BCUT2D eigenvalue weighted by Crippen LogP contribution is 2.40. The number of hydrogen-bond donors (Lipinski definition) is 2. The molecule has 0 saturated heterocycles. The van der Waals surface area contributed by atoms with Crippen LogP contribution < -0.4 is 20.1 Å². The molecular weight excluding hydrogens is 394 g/mol. The zero-order chi connectivity index (χ0) is 20.8. The van der Waals surface area contributed by atoms with Crippen LogP contribution in [-0.4, -0.2) is 35.9 Å². The predicted octanol–water partition coefficient (Wildman–Crippen LogP) is 2.31. The molecular formula is C19H23N5O4S. The maximum atomic E-state index is 13.1. The summed E-state index contributed by atoms with van der Waals surface area (Å²) in [6.45, 7) is 3.48. The summed E-state index contributed by atoms with van der Waals surface area (Å²) in [5.41, 5.74) is -0.523. The van der Waals surface area contributed by atoms with Gasteiger partial charge in [0.2, 0.25) is 16.0 Å². The Morgan fingerprint density at radius 1 is 1.28 bits per heavy atom. The molecule has 2 heterocycles. The molecule has 1 aliphatic carbocycles. The standard InChI is InChI=1S/C19H23N5O4S/c1-19(2)17(25)24(13-7-3-4-8-13)16-15(28-19)11-21-18(23-16)22-12-6-5-9-14(10-12)29(20,26)27/h5-6,9-11,13H,3-4,7-8H2,1-2H3,(H2,20,26,27)(H,21,22,23). The first kappa shape index (κ1) is 19.6. The normalized spacial score (nSPS) is 19.0. The SMILES string of the molecule is CC1(C)Oc2cnc(Nc3cccc(S(N)(=O)=O)c3)nc2N(C2CCCC2)C1=O. The number of hydrogen-bond acceptors (Lipinski definition) is 7. The molecule has 1 fully saturated rings. The van der Waals surface area contributed by atoms with Gasteiger partial charge in [0.15, 0.2) is 17.2 Å². The van der Waals surface area contributed by atoms with Crippen molar-refractivity contribution in [2.45, 2.75) is 56.1 Å². The van der Waals surface area contributed by atoms with Gasteiger partial charge < -0.3 is 10.1 Å². The molecule has 0 unspecified atom stereocenters. The van der Waals surface area contributed by atoms with Crippen molar-refractivity contribution >= 4 is 33.4 Å². The highest BCUT2D eigenvalue weighted by Gasteiger charge is 2.45. The third-order valence-electron chi connectivity index (χ3n) is 5.17. The van der Waals surface area contributed by atoms with E-state index in [0.29, 0.717) is 17.3 Å². The Morgan fingerprint density at radius 3 is 2.69 bits per heavy atom. The summed E-state index contributed by atoms with van der Waals surface area (Å²) in [6.07, 6.45) is 5.52. The summed E-state index contributed by atoms with van der Waals surface area (Å²) in [7, 11) is -3.83. The Bertz CT molecular complexity index is 1060. The smallest absolute Gasteiger partial charge is 0.272 e. The lowest BCUT2D eigenvalue weighted by atomic mass is 10.0. The number of anilines is 3. The molecule has 0 spiro atoms. The van der Waals surface area contributed by atoms with Crippen LogP contribution in [-0.2, 0) is 14.8 Å². The number of carbonyl (C=O) groups is 1. The first-order chi connectivity index (χ1) is 13.6. The number of rotatable bonds is 4. The summed E-state index contributed by atoms with van der Waals surface area (Å²) in [5.74, 6) is 0.985. The first-order valence-electron chi connectivity index (χ1n) is 9.45. The second-order valence-electron chi connectivity index (χ2n) is 7.81. The van der Waals surface area contributed by atoms with Gasteiger partial charge in [0.05, 0.1) is 11.1 Å². The van der Waals surface area contributed by atoms with Gasteiger partial charge in [0.1, 0.15) is 0 Å². The van der Waals surface area contributed by atoms with Crippen LogP contribution in [0, 0.1) is 0 Å². The van der Waals surface area contributed by atoms with E-state index in [-0.39, 0.29) is 22.8 Å². The molecule has 0 bridgehead atoms. The summed E-state index contributed by atoms with van der Waals surface area (Å²) in [5, 5.41) is 8.17. The maximum Gasteiger partial charge on any atom is 0.272 e. The molecule has 2 aliphatic rings. The van der Waals surface area contributed by atoms with Gasteiger partial charge in [-0.15, -0.1) is 0 Å². The predicted molar refractivity (Wildman–Crippen MR) is 108 cm³/mol. The number of fused-ring (bicyclic) bond motifs is 1. The van der Waals surface area contributed by atoms with Crippen LogP contribution in [0.3, 0.4) is 0 Å². The number of aromatic nitrogens is 2. The average Bonchev–Trinajstić information content (AvgIpc) is 3.17. The minimum Gasteiger partial charge on any atom is -0.472 e. The second kappa shape index (κ2) is 6.96. The molecule has 0 radical (unpaired) electrons. The lowest BCUT2D eigenvalue weighted by Gasteiger charge is -2.40. The highest BCUT2D eigenvalue weighted by molar-refractivity contribution is 7.89. The Kier molecular flexibility index (Phi) is 4.70. The molecule has 3 N–H and O–H groups in total. The van der Waals surface area contributed by atoms with Gasteiger partial charge >= 0.3 is 0 Å². The van der Waals surface area contributed by atoms with E-state index in [2.05, 4.69) is 15.3 Å². The fourth-order valence-electron chi connectivity index (χ4n) is 3.75. The van der Waals surface area contributed by atoms with Gasteiger partial charge in [-0.2, -0.15) is 4.98 Å². The van der Waals surface area contributed by atoms with Crippen molar-refractivity contribution < 1.29 is 17.9 Å². The number of carbonyl (C=O) groups excluding carboxylic acids is 1. The molecule has 1 amide bonds. The van der Waals surface area contributed by atoms with Gasteiger partial charge in [0, 0.05) is 11.7 Å². The number of benzene rings is 1. The second-order valence-corrected chi connectivity index (χ2v) is 9.37. The van der Waals surface area contributed by atoms with Gasteiger partial charge in [-0.1, -0.05) is 18.9 Å². The molecule has 4 rings (SSSR count). The van der Waals surface area contributed by atoms with Gasteiger partial charge in [-0.05, 0) is 44.9 Å². The monoisotopic (exact) mass is 417 g/mol. The van der Waals surface area contributed by atoms with Crippen LogP contribution in [0.5, 0.6) is 5.75 Å². The Labute approximate surface area is 169 Å². The fourth-order valence-corrected chi connectivity index (χ4v) is 4.31. The van der Waals surface area contributed by atoms with Crippen molar-refractivity contribution in [2.24, 2.45) is 5.14 Å². The minimum absolute atomic E-state index is 0.0201. The number of amides is 1. The summed E-state index contributed by atoms with van der Waals surface area (Å²) < 4.78 is 29.0. The molecule has 9 nitrogen and oxygen atoms in total. The van der Waals surface area contributed by atoms with E-state index in [9.17, 15) is 13.2 Å². The molecule has 29 heavy (non-hydrogen) atoms. The van der Waals surface area contributed by atoms with Gasteiger partial charge in [0.25, 0.3) is 5.91 Å². The number of nitrogens with zero attached hydrogens (tertiary/aromatic N) is 3. The average molecular weight is 417 g/mol. The van der Waals surface area contributed by atoms with Crippen molar-refractivity contribution in [1.82, 2.24) is 9.97 Å². The van der Waals surface area contributed by atoms with E-state index in [4.69, 9.17) is 9.88 Å². The van der Waals surface area contributed by atoms with E-state index < -0.39 is 15.6 Å².